The molecule has 2 aromatic rings. The SMILES string of the molecule is O=S1(=O)C[C@@H]2N=C(SCc3ccc(F)cc3Cl)N(c3ccc(Br)cc3F)[C@@H]2C1. The fraction of sp³-hybridized carbons (Fsp3) is 0.278. The molecule has 0 unspecified atom stereocenters. The van der Waals surface area contributed by atoms with Gasteiger partial charge >= 0.3 is 0 Å². The van der Waals surface area contributed by atoms with Gasteiger partial charge in [0.15, 0.2) is 15.0 Å². The van der Waals surface area contributed by atoms with Gasteiger partial charge in [-0.3, -0.25) is 4.99 Å². The van der Waals surface area contributed by atoms with E-state index in [-0.39, 0.29) is 17.2 Å². The molecule has 0 aliphatic carbocycles. The fourth-order valence-corrected chi connectivity index (χ4v) is 6.98. The summed E-state index contributed by atoms with van der Waals surface area (Å²) in [6.07, 6.45) is 0. The molecule has 2 aliphatic heterocycles. The highest BCUT2D eigenvalue weighted by Gasteiger charge is 2.47. The predicted molar refractivity (Wildman–Crippen MR) is 113 cm³/mol. The van der Waals surface area contributed by atoms with E-state index in [9.17, 15) is 17.2 Å². The van der Waals surface area contributed by atoms with Crippen LogP contribution in [0.2, 0.25) is 5.02 Å². The third kappa shape index (κ3) is 3.94. The molecule has 28 heavy (non-hydrogen) atoms. The van der Waals surface area contributed by atoms with Crippen molar-refractivity contribution in [3.63, 3.8) is 0 Å². The summed E-state index contributed by atoms with van der Waals surface area (Å²) in [7, 11) is -3.22. The van der Waals surface area contributed by atoms with Gasteiger partial charge in [0.05, 0.1) is 29.3 Å². The van der Waals surface area contributed by atoms with Crippen LogP contribution in [0.5, 0.6) is 0 Å². The van der Waals surface area contributed by atoms with Crippen molar-refractivity contribution in [2.75, 3.05) is 16.4 Å². The van der Waals surface area contributed by atoms with Crippen LogP contribution in [0.1, 0.15) is 5.56 Å². The van der Waals surface area contributed by atoms with Crippen LogP contribution >= 0.6 is 39.3 Å². The molecule has 4 nitrogen and oxygen atoms in total. The van der Waals surface area contributed by atoms with Gasteiger partial charge in [-0.25, -0.2) is 17.2 Å². The van der Waals surface area contributed by atoms with Crippen molar-refractivity contribution in [1.29, 1.82) is 0 Å². The third-order valence-corrected chi connectivity index (χ3v) is 8.21. The van der Waals surface area contributed by atoms with Gasteiger partial charge in [0.25, 0.3) is 0 Å². The molecule has 2 atom stereocenters. The van der Waals surface area contributed by atoms with Gasteiger partial charge in [0.2, 0.25) is 0 Å². The molecule has 148 valence electrons. The van der Waals surface area contributed by atoms with E-state index in [1.165, 1.54) is 30.0 Å². The Morgan fingerprint density at radius 1 is 1.21 bits per heavy atom. The minimum atomic E-state index is -3.22. The summed E-state index contributed by atoms with van der Waals surface area (Å²) in [4.78, 5) is 6.23. The molecule has 4 rings (SSSR count). The van der Waals surface area contributed by atoms with Gasteiger partial charge in [-0.15, -0.1) is 0 Å². The van der Waals surface area contributed by atoms with E-state index >= 15 is 0 Å². The maximum atomic E-state index is 14.6. The second-order valence-electron chi connectivity index (χ2n) is 6.61. The Balaban J connectivity index is 1.65. The van der Waals surface area contributed by atoms with Gasteiger partial charge in [-0.05, 0) is 35.9 Å². The minimum Gasteiger partial charge on any atom is -0.312 e. The van der Waals surface area contributed by atoms with Crippen LogP contribution in [-0.4, -0.2) is 37.2 Å². The number of amidine groups is 1. The van der Waals surface area contributed by atoms with Crippen LogP contribution in [0.4, 0.5) is 14.5 Å². The molecule has 0 N–H and O–H groups in total. The normalized spacial score (nSPS) is 23.0. The molecule has 2 aliphatic rings. The largest absolute Gasteiger partial charge is 0.312 e. The lowest BCUT2D eigenvalue weighted by molar-refractivity contribution is 0.600. The van der Waals surface area contributed by atoms with Crippen LogP contribution in [-0.2, 0) is 15.6 Å². The fourth-order valence-electron chi connectivity index (χ4n) is 3.37. The number of anilines is 1. The van der Waals surface area contributed by atoms with Gasteiger partial charge < -0.3 is 4.90 Å². The van der Waals surface area contributed by atoms with Gasteiger partial charge in [-0.2, -0.15) is 0 Å². The molecule has 2 aromatic carbocycles. The molecule has 10 heteroatoms. The topological polar surface area (TPSA) is 49.7 Å². The summed E-state index contributed by atoms with van der Waals surface area (Å²) in [5.74, 6) is -0.604. The van der Waals surface area contributed by atoms with E-state index in [1.54, 1.807) is 23.1 Å². The number of hydrogen-bond donors (Lipinski definition) is 0. The van der Waals surface area contributed by atoms with Crippen molar-refractivity contribution in [3.8, 4) is 0 Å². The van der Waals surface area contributed by atoms with E-state index < -0.39 is 33.6 Å². The first-order chi connectivity index (χ1) is 13.2. The lowest BCUT2D eigenvalue weighted by atomic mass is 10.1. The van der Waals surface area contributed by atoms with E-state index in [4.69, 9.17) is 11.6 Å². The Morgan fingerprint density at radius 2 is 2.00 bits per heavy atom. The van der Waals surface area contributed by atoms with Gasteiger partial charge in [0, 0.05) is 15.2 Å². The van der Waals surface area contributed by atoms with Crippen molar-refractivity contribution in [3.05, 3.63) is 63.1 Å². The highest BCUT2D eigenvalue weighted by Crippen LogP contribution is 2.38. The number of halogens is 4. The highest BCUT2D eigenvalue weighted by molar-refractivity contribution is 9.10. The number of fused-ring (bicyclic) bond motifs is 1. The predicted octanol–water partition coefficient (Wildman–Crippen LogP) is 4.66. The zero-order valence-corrected chi connectivity index (χ0v) is 18.3. The average molecular weight is 508 g/mol. The lowest BCUT2D eigenvalue weighted by Crippen LogP contribution is -2.39. The first-order valence-corrected chi connectivity index (χ1v) is 12.3. The van der Waals surface area contributed by atoms with Gasteiger partial charge in [-0.1, -0.05) is 45.4 Å². The molecule has 2 heterocycles. The van der Waals surface area contributed by atoms with Crippen molar-refractivity contribution in [2.45, 2.75) is 17.8 Å². The first kappa shape index (κ1) is 20.1. The van der Waals surface area contributed by atoms with Crippen LogP contribution < -0.4 is 4.90 Å². The number of thioether (sulfide) groups is 1. The summed E-state index contributed by atoms with van der Waals surface area (Å²) in [6, 6.07) is 7.93. The van der Waals surface area contributed by atoms with Crippen molar-refractivity contribution < 1.29 is 17.2 Å². The summed E-state index contributed by atoms with van der Waals surface area (Å²) >= 11 is 10.7. The standard InChI is InChI=1S/C18H14BrClF2N2O2S2/c19-11-2-4-16(14(22)5-11)24-17-9-28(25,26)8-15(17)23-18(24)27-7-10-1-3-12(21)6-13(10)20/h1-6,15,17H,7-9H2/t15-,17+/m0/s1. The molecule has 0 spiro atoms. The van der Waals surface area contributed by atoms with Crippen LogP contribution in [0.25, 0.3) is 0 Å². The zero-order chi connectivity index (χ0) is 20.1. The Bertz CT molecular complexity index is 1080. The Labute approximate surface area is 179 Å². The van der Waals surface area contributed by atoms with Crippen molar-refractivity contribution in [1.82, 2.24) is 0 Å². The molecular formula is C18H14BrClF2N2O2S2. The number of nitrogens with zero attached hydrogens (tertiary/aromatic N) is 2. The van der Waals surface area contributed by atoms with E-state index in [0.29, 0.717) is 20.4 Å². The molecule has 0 aromatic heterocycles. The number of sulfone groups is 1. The second kappa shape index (κ2) is 7.59. The maximum absolute atomic E-state index is 14.6. The quantitative estimate of drug-likeness (QED) is 0.607. The molecule has 1 saturated heterocycles. The van der Waals surface area contributed by atoms with Crippen molar-refractivity contribution >= 4 is 60.0 Å². The molecule has 1 fully saturated rings. The number of hydrogen-bond acceptors (Lipinski definition) is 5. The number of aliphatic imine (C=N–C) groups is 1. The number of rotatable bonds is 3. The van der Waals surface area contributed by atoms with E-state index in [2.05, 4.69) is 20.9 Å². The smallest absolute Gasteiger partial charge is 0.164 e. The van der Waals surface area contributed by atoms with Crippen molar-refractivity contribution in [2.24, 2.45) is 4.99 Å². The van der Waals surface area contributed by atoms with E-state index in [0.717, 1.165) is 5.56 Å². The average Bonchev–Trinajstić information content (AvgIpc) is 3.06. The highest BCUT2D eigenvalue weighted by atomic mass is 79.9. The molecule has 0 amide bonds. The maximum Gasteiger partial charge on any atom is 0.164 e. The summed E-state index contributed by atoms with van der Waals surface area (Å²) < 4.78 is 52.6. The van der Waals surface area contributed by atoms with Crippen LogP contribution in [0.15, 0.2) is 45.9 Å². The van der Waals surface area contributed by atoms with Crippen LogP contribution in [0, 0.1) is 11.6 Å². The first-order valence-electron chi connectivity index (χ1n) is 8.33. The van der Waals surface area contributed by atoms with Gasteiger partial charge in [0.1, 0.15) is 11.6 Å². The second-order valence-corrected chi connectivity index (χ2v) is 11.0. The monoisotopic (exact) mass is 506 g/mol. The molecule has 0 saturated carbocycles. The van der Waals surface area contributed by atoms with E-state index in [1.807, 2.05) is 0 Å². The minimum absolute atomic E-state index is 0.0479. The third-order valence-electron chi connectivity index (χ3n) is 4.65. The van der Waals surface area contributed by atoms with Crippen LogP contribution in [0.3, 0.4) is 0 Å². The summed E-state index contributed by atoms with van der Waals surface area (Å²) in [5.41, 5.74) is 1.00. The molecular weight excluding hydrogens is 494 g/mol. The Kier molecular flexibility index (Phi) is 5.45. The zero-order valence-electron chi connectivity index (χ0n) is 14.3. The summed E-state index contributed by atoms with van der Waals surface area (Å²) in [6.45, 7) is 0. The molecule has 0 radical (unpaired) electrons. The Morgan fingerprint density at radius 3 is 2.71 bits per heavy atom. The summed E-state index contributed by atoms with van der Waals surface area (Å²) in [5, 5.41) is 0.835. The molecule has 0 bridgehead atoms. The number of benzene rings is 2. The lowest BCUT2D eigenvalue weighted by Gasteiger charge is -2.27. The Hall–Kier alpha value is -1.16.